The fraction of sp³-hybridized carbons (Fsp3) is 0.600. The van der Waals surface area contributed by atoms with E-state index in [0.29, 0.717) is 5.92 Å². The van der Waals surface area contributed by atoms with E-state index < -0.39 is 0 Å². The van der Waals surface area contributed by atoms with Crippen LogP contribution in [0.1, 0.15) is 24.3 Å². The average molecular weight is 246 g/mol. The Kier molecular flexibility index (Phi) is 3.52. The minimum atomic E-state index is 0.552. The number of fused-ring (bicyclic) bond motifs is 1. The number of nitrogens with zero attached hydrogens (tertiary/aromatic N) is 1. The molecule has 1 aromatic rings. The molecule has 1 aromatic carbocycles. The second-order valence-corrected chi connectivity index (χ2v) is 5.53. The van der Waals surface area contributed by atoms with Crippen LogP contribution in [0.15, 0.2) is 24.3 Å². The Hall–Kier alpha value is -1.06. The predicted octanol–water partition coefficient (Wildman–Crippen LogP) is 1.83. The van der Waals surface area contributed by atoms with Crippen molar-refractivity contribution < 1.29 is 4.74 Å². The Labute approximate surface area is 109 Å². The molecule has 0 aromatic heterocycles. The molecule has 1 atom stereocenters. The highest BCUT2D eigenvalue weighted by Gasteiger charge is 2.27. The van der Waals surface area contributed by atoms with Crippen LogP contribution >= 0.6 is 0 Å². The summed E-state index contributed by atoms with van der Waals surface area (Å²) in [5.74, 6) is 2.38. The maximum atomic E-state index is 5.75. The van der Waals surface area contributed by atoms with E-state index in [4.69, 9.17) is 10.5 Å². The largest absolute Gasteiger partial charge is 0.493 e. The predicted molar refractivity (Wildman–Crippen MR) is 72.9 cm³/mol. The normalized spacial score (nSPS) is 24.8. The van der Waals surface area contributed by atoms with Crippen LogP contribution in [-0.2, 0) is 0 Å². The van der Waals surface area contributed by atoms with E-state index >= 15 is 0 Å². The molecule has 1 fully saturated rings. The number of benzene rings is 1. The number of nitrogens with two attached hydrogens (primary N) is 1. The minimum Gasteiger partial charge on any atom is -0.493 e. The molecule has 0 amide bonds. The molecule has 2 N–H and O–H groups in total. The van der Waals surface area contributed by atoms with Crippen molar-refractivity contribution in [1.29, 1.82) is 0 Å². The molecular formula is C15H22N2O. The number of hydrogen-bond donors (Lipinski definition) is 1. The number of likely N-dealkylation sites (tertiary alicyclic amines) is 1. The van der Waals surface area contributed by atoms with Crippen molar-refractivity contribution in [2.24, 2.45) is 11.7 Å². The van der Waals surface area contributed by atoms with Gasteiger partial charge in [-0.25, -0.2) is 0 Å². The third-order valence-corrected chi connectivity index (χ3v) is 4.32. The summed E-state index contributed by atoms with van der Waals surface area (Å²) in [6, 6.07) is 8.45. The number of rotatable bonds is 3. The van der Waals surface area contributed by atoms with E-state index in [1.807, 2.05) is 6.07 Å². The fourth-order valence-corrected chi connectivity index (χ4v) is 3.10. The van der Waals surface area contributed by atoms with Gasteiger partial charge in [0.15, 0.2) is 0 Å². The summed E-state index contributed by atoms with van der Waals surface area (Å²) in [5.41, 5.74) is 7.12. The zero-order valence-corrected chi connectivity index (χ0v) is 10.8. The van der Waals surface area contributed by atoms with Crippen LogP contribution in [0.2, 0.25) is 0 Å². The second kappa shape index (κ2) is 5.29. The standard InChI is InChI=1S/C15H22N2O/c16-9-12-5-7-17(8-6-12)10-13-11-18-15-4-2-1-3-14(13)15/h1-4,12-13H,5-11,16H2. The van der Waals surface area contributed by atoms with Gasteiger partial charge < -0.3 is 15.4 Å². The molecule has 0 radical (unpaired) electrons. The summed E-state index contributed by atoms with van der Waals surface area (Å²) in [4.78, 5) is 2.57. The third kappa shape index (κ3) is 2.38. The smallest absolute Gasteiger partial charge is 0.122 e. The molecule has 1 saturated heterocycles. The van der Waals surface area contributed by atoms with Gasteiger partial charge in [-0.3, -0.25) is 0 Å². The zero-order chi connectivity index (χ0) is 12.4. The quantitative estimate of drug-likeness (QED) is 0.884. The molecule has 0 aliphatic carbocycles. The number of para-hydroxylation sites is 1. The van der Waals surface area contributed by atoms with Crippen molar-refractivity contribution in [3.05, 3.63) is 29.8 Å². The Bertz CT molecular complexity index is 399. The highest BCUT2D eigenvalue weighted by molar-refractivity contribution is 5.39. The van der Waals surface area contributed by atoms with Gasteiger partial charge in [0.25, 0.3) is 0 Å². The monoisotopic (exact) mass is 246 g/mol. The van der Waals surface area contributed by atoms with Gasteiger partial charge in [-0.1, -0.05) is 18.2 Å². The van der Waals surface area contributed by atoms with Crippen molar-refractivity contribution >= 4 is 0 Å². The van der Waals surface area contributed by atoms with Crippen LogP contribution in [0.25, 0.3) is 0 Å². The van der Waals surface area contributed by atoms with Gasteiger partial charge in [-0.05, 0) is 44.5 Å². The van der Waals surface area contributed by atoms with E-state index in [1.54, 1.807) is 0 Å². The fourth-order valence-electron chi connectivity index (χ4n) is 3.10. The van der Waals surface area contributed by atoms with Crippen LogP contribution in [0, 0.1) is 5.92 Å². The van der Waals surface area contributed by atoms with Crippen molar-refractivity contribution in [3.63, 3.8) is 0 Å². The molecule has 0 bridgehead atoms. The summed E-state index contributed by atoms with van der Waals surface area (Å²) in [6.07, 6.45) is 2.51. The Balaban J connectivity index is 1.59. The summed E-state index contributed by atoms with van der Waals surface area (Å²) < 4.78 is 5.75. The molecular weight excluding hydrogens is 224 g/mol. The van der Waals surface area contributed by atoms with E-state index in [2.05, 4.69) is 23.1 Å². The summed E-state index contributed by atoms with van der Waals surface area (Å²) in [5, 5.41) is 0. The first-order valence-electron chi connectivity index (χ1n) is 7.01. The van der Waals surface area contributed by atoms with Gasteiger partial charge >= 0.3 is 0 Å². The lowest BCUT2D eigenvalue weighted by molar-refractivity contribution is 0.170. The van der Waals surface area contributed by atoms with Gasteiger partial charge in [-0.15, -0.1) is 0 Å². The Morgan fingerprint density at radius 3 is 2.78 bits per heavy atom. The zero-order valence-electron chi connectivity index (χ0n) is 10.8. The molecule has 0 spiro atoms. The van der Waals surface area contributed by atoms with Crippen LogP contribution in [0.3, 0.4) is 0 Å². The number of piperidine rings is 1. The molecule has 3 rings (SSSR count). The van der Waals surface area contributed by atoms with Crippen LogP contribution in [0.4, 0.5) is 0 Å². The molecule has 3 nitrogen and oxygen atoms in total. The van der Waals surface area contributed by atoms with E-state index in [-0.39, 0.29) is 0 Å². The van der Waals surface area contributed by atoms with E-state index in [0.717, 1.165) is 31.4 Å². The van der Waals surface area contributed by atoms with Crippen molar-refractivity contribution in [2.45, 2.75) is 18.8 Å². The lowest BCUT2D eigenvalue weighted by atomic mass is 9.95. The average Bonchev–Trinajstić information content (AvgIpc) is 2.83. The van der Waals surface area contributed by atoms with Crippen molar-refractivity contribution in [3.8, 4) is 5.75 Å². The highest BCUT2D eigenvalue weighted by Crippen LogP contribution is 2.34. The van der Waals surface area contributed by atoms with Crippen molar-refractivity contribution in [2.75, 3.05) is 32.8 Å². The SMILES string of the molecule is NCC1CCN(CC2COc3ccccc32)CC1. The topological polar surface area (TPSA) is 38.5 Å². The van der Waals surface area contributed by atoms with Crippen molar-refractivity contribution in [1.82, 2.24) is 4.90 Å². The first-order chi connectivity index (χ1) is 8.86. The van der Waals surface area contributed by atoms with E-state index in [9.17, 15) is 0 Å². The number of hydrogen-bond acceptors (Lipinski definition) is 3. The maximum Gasteiger partial charge on any atom is 0.122 e. The minimum absolute atomic E-state index is 0.552. The first-order valence-corrected chi connectivity index (χ1v) is 7.01. The first kappa shape index (κ1) is 12.0. The van der Waals surface area contributed by atoms with Gasteiger partial charge in [0.1, 0.15) is 5.75 Å². The summed E-state index contributed by atoms with van der Waals surface area (Å²) in [7, 11) is 0. The molecule has 0 saturated carbocycles. The van der Waals surface area contributed by atoms with Gasteiger partial charge in [0.05, 0.1) is 6.61 Å². The molecule has 2 heterocycles. The summed E-state index contributed by atoms with van der Waals surface area (Å²) in [6.45, 7) is 5.22. The molecule has 18 heavy (non-hydrogen) atoms. The molecule has 3 heteroatoms. The van der Waals surface area contributed by atoms with E-state index in [1.165, 1.54) is 31.5 Å². The number of ether oxygens (including phenoxy) is 1. The van der Waals surface area contributed by atoms with Gasteiger partial charge in [0, 0.05) is 18.0 Å². The maximum absolute atomic E-state index is 5.75. The third-order valence-electron chi connectivity index (χ3n) is 4.32. The Morgan fingerprint density at radius 2 is 2.00 bits per heavy atom. The second-order valence-electron chi connectivity index (χ2n) is 5.53. The molecule has 1 unspecified atom stereocenters. The lowest BCUT2D eigenvalue weighted by Crippen LogP contribution is -2.38. The van der Waals surface area contributed by atoms with Crippen LogP contribution in [0.5, 0.6) is 5.75 Å². The Morgan fingerprint density at radius 1 is 1.22 bits per heavy atom. The van der Waals surface area contributed by atoms with Gasteiger partial charge in [-0.2, -0.15) is 0 Å². The summed E-state index contributed by atoms with van der Waals surface area (Å²) >= 11 is 0. The van der Waals surface area contributed by atoms with Crippen LogP contribution in [-0.4, -0.2) is 37.7 Å². The lowest BCUT2D eigenvalue weighted by Gasteiger charge is -2.32. The molecule has 98 valence electrons. The van der Waals surface area contributed by atoms with Gasteiger partial charge in [0.2, 0.25) is 0 Å². The highest BCUT2D eigenvalue weighted by atomic mass is 16.5. The van der Waals surface area contributed by atoms with Crippen LogP contribution < -0.4 is 10.5 Å². The molecule has 2 aliphatic rings. The molecule has 2 aliphatic heterocycles.